The number of carbonyl (C=O) groups excluding carboxylic acids is 1. The van der Waals surface area contributed by atoms with E-state index in [1.165, 1.54) is 10.9 Å². The summed E-state index contributed by atoms with van der Waals surface area (Å²) in [5, 5.41) is 16.8. The van der Waals surface area contributed by atoms with Gasteiger partial charge in [0.1, 0.15) is 11.3 Å². The van der Waals surface area contributed by atoms with Gasteiger partial charge < -0.3 is 15.2 Å². The number of aromatic nitrogens is 4. The molecule has 25 heavy (non-hydrogen) atoms. The van der Waals surface area contributed by atoms with Gasteiger partial charge in [-0.1, -0.05) is 12.1 Å². The average Bonchev–Trinajstić information content (AvgIpc) is 3.16. The van der Waals surface area contributed by atoms with Crippen molar-refractivity contribution in [3.63, 3.8) is 0 Å². The van der Waals surface area contributed by atoms with Crippen LogP contribution in [0.15, 0.2) is 48.9 Å². The lowest BCUT2D eigenvalue weighted by Crippen LogP contribution is -2.27. The lowest BCUT2D eigenvalue weighted by molar-refractivity contribution is 0.0936. The maximum absolute atomic E-state index is 12.4. The highest BCUT2D eigenvalue weighted by Gasteiger charge is 2.18. The standard InChI is InChI=1S/C17H17N5O3/c1-11(12-5-3-6-13(9-12)25-2)20-15(23)14-10-18-17(21-16(14)24)22-8-4-7-19-22/h3-11H,1-2H3,(H,20,23)(H,18,21,24)/t11-/m0/s1. The molecular weight excluding hydrogens is 322 g/mol. The van der Waals surface area contributed by atoms with Crippen LogP contribution in [0.5, 0.6) is 11.6 Å². The summed E-state index contributed by atoms with van der Waals surface area (Å²) < 4.78 is 6.57. The third-order valence-electron chi connectivity index (χ3n) is 3.65. The molecule has 0 aliphatic heterocycles. The van der Waals surface area contributed by atoms with Crippen LogP contribution in [0, 0.1) is 0 Å². The molecular formula is C17H17N5O3. The van der Waals surface area contributed by atoms with Crippen LogP contribution in [0.3, 0.4) is 0 Å². The van der Waals surface area contributed by atoms with Crippen LogP contribution >= 0.6 is 0 Å². The number of methoxy groups -OCH3 is 1. The van der Waals surface area contributed by atoms with Crippen molar-refractivity contribution in [2.45, 2.75) is 13.0 Å². The van der Waals surface area contributed by atoms with Crippen LogP contribution < -0.4 is 10.1 Å². The molecule has 0 saturated carbocycles. The van der Waals surface area contributed by atoms with Gasteiger partial charge in [-0.25, -0.2) is 9.67 Å². The van der Waals surface area contributed by atoms with Crippen LogP contribution in [-0.4, -0.2) is 37.9 Å². The van der Waals surface area contributed by atoms with Gasteiger partial charge in [-0.15, -0.1) is 0 Å². The Balaban J connectivity index is 1.76. The lowest BCUT2D eigenvalue weighted by Gasteiger charge is -2.15. The fraction of sp³-hybridized carbons (Fsp3) is 0.176. The smallest absolute Gasteiger partial charge is 0.258 e. The number of carbonyl (C=O) groups is 1. The minimum atomic E-state index is -0.472. The first-order valence-corrected chi connectivity index (χ1v) is 7.59. The van der Waals surface area contributed by atoms with E-state index >= 15 is 0 Å². The summed E-state index contributed by atoms with van der Waals surface area (Å²) in [5.74, 6) is 0.00364. The van der Waals surface area contributed by atoms with Gasteiger partial charge in [-0.05, 0) is 30.7 Å². The molecule has 0 aliphatic carbocycles. The maximum Gasteiger partial charge on any atom is 0.258 e. The largest absolute Gasteiger partial charge is 0.497 e. The van der Waals surface area contributed by atoms with Gasteiger partial charge >= 0.3 is 0 Å². The molecule has 2 heterocycles. The maximum atomic E-state index is 12.4. The molecule has 2 N–H and O–H groups in total. The van der Waals surface area contributed by atoms with Crippen molar-refractivity contribution >= 4 is 5.91 Å². The fourth-order valence-corrected chi connectivity index (χ4v) is 2.29. The van der Waals surface area contributed by atoms with Crippen LogP contribution in [0.2, 0.25) is 0 Å². The molecule has 3 aromatic rings. The van der Waals surface area contributed by atoms with Gasteiger partial charge in [-0.3, -0.25) is 4.79 Å². The average molecular weight is 339 g/mol. The summed E-state index contributed by atoms with van der Waals surface area (Å²) in [6.45, 7) is 1.84. The first kappa shape index (κ1) is 16.4. The van der Waals surface area contributed by atoms with E-state index in [1.54, 1.807) is 25.6 Å². The molecule has 128 valence electrons. The number of hydrogen-bond acceptors (Lipinski definition) is 6. The van der Waals surface area contributed by atoms with Crippen molar-refractivity contribution in [3.05, 3.63) is 60.0 Å². The van der Waals surface area contributed by atoms with E-state index in [4.69, 9.17) is 4.74 Å². The predicted octanol–water partition coefficient (Wildman–Crippen LogP) is 1.87. The number of nitrogens with one attached hydrogen (secondary N) is 1. The van der Waals surface area contributed by atoms with Gasteiger partial charge in [0.25, 0.3) is 11.9 Å². The van der Waals surface area contributed by atoms with Crippen LogP contribution in [0.25, 0.3) is 5.95 Å². The van der Waals surface area contributed by atoms with Crippen molar-refractivity contribution in [2.24, 2.45) is 0 Å². The molecule has 1 atom stereocenters. The van der Waals surface area contributed by atoms with Crippen LogP contribution in [0.1, 0.15) is 28.9 Å². The SMILES string of the molecule is COc1cccc([C@H](C)NC(=O)c2cnc(-n3cccn3)nc2O)c1. The van der Waals surface area contributed by atoms with E-state index in [2.05, 4.69) is 20.4 Å². The number of nitrogens with zero attached hydrogens (tertiary/aromatic N) is 4. The summed E-state index contributed by atoms with van der Waals surface area (Å²) in [4.78, 5) is 20.4. The minimum Gasteiger partial charge on any atom is -0.497 e. The number of hydrogen-bond donors (Lipinski definition) is 2. The molecule has 0 bridgehead atoms. The third-order valence-corrected chi connectivity index (χ3v) is 3.65. The molecule has 0 radical (unpaired) electrons. The summed E-state index contributed by atoms with van der Waals surface area (Å²) in [6.07, 6.45) is 4.48. The van der Waals surface area contributed by atoms with Gasteiger partial charge in [-0.2, -0.15) is 10.1 Å². The fourth-order valence-electron chi connectivity index (χ4n) is 2.29. The number of amides is 1. The summed E-state index contributed by atoms with van der Waals surface area (Å²) in [5.41, 5.74) is 0.868. The second-order valence-corrected chi connectivity index (χ2v) is 5.33. The third kappa shape index (κ3) is 3.57. The molecule has 8 nitrogen and oxygen atoms in total. The summed E-state index contributed by atoms with van der Waals surface area (Å²) >= 11 is 0. The molecule has 0 unspecified atom stereocenters. The highest BCUT2D eigenvalue weighted by molar-refractivity contribution is 5.96. The molecule has 1 amide bonds. The first-order valence-electron chi connectivity index (χ1n) is 7.59. The molecule has 0 fully saturated rings. The molecule has 2 aromatic heterocycles. The van der Waals surface area contributed by atoms with E-state index < -0.39 is 11.8 Å². The topological polar surface area (TPSA) is 102 Å². The van der Waals surface area contributed by atoms with Gasteiger partial charge in [0.15, 0.2) is 0 Å². The van der Waals surface area contributed by atoms with Crippen molar-refractivity contribution < 1.29 is 14.6 Å². The minimum absolute atomic E-state index is 0.00866. The van der Waals surface area contributed by atoms with E-state index in [9.17, 15) is 9.90 Å². The summed E-state index contributed by atoms with van der Waals surface area (Å²) in [6, 6.07) is 8.80. The zero-order valence-corrected chi connectivity index (χ0v) is 13.7. The van der Waals surface area contributed by atoms with Crippen molar-refractivity contribution in [1.82, 2.24) is 25.1 Å². The molecule has 8 heteroatoms. The van der Waals surface area contributed by atoms with Crippen LogP contribution in [0.4, 0.5) is 0 Å². The zero-order valence-electron chi connectivity index (χ0n) is 13.7. The van der Waals surface area contributed by atoms with E-state index in [0.717, 1.165) is 5.56 Å². The normalized spacial score (nSPS) is 11.8. The Kier molecular flexibility index (Phi) is 4.60. The van der Waals surface area contributed by atoms with E-state index in [0.29, 0.717) is 5.75 Å². The monoisotopic (exact) mass is 339 g/mol. The number of rotatable bonds is 5. The van der Waals surface area contributed by atoms with Gasteiger partial charge in [0.2, 0.25) is 5.88 Å². The molecule has 0 spiro atoms. The Labute approximate surface area is 144 Å². The molecule has 1 aromatic carbocycles. The predicted molar refractivity (Wildman–Crippen MR) is 89.7 cm³/mol. The van der Waals surface area contributed by atoms with E-state index in [-0.39, 0.29) is 17.6 Å². The van der Waals surface area contributed by atoms with Crippen molar-refractivity contribution in [2.75, 3.05) is 7.11 Å². The van der Waals surface area contributed by atoms with E-state index in [1.807, 2.05) is 31.2 Å². The molecule has 3 rings (SSSR count). The van der Waals surface area contributed by atoms with Crippen LogP contribution in [-0.2, 0) is 0 Å². The molecule has 0 aliphatic rings. The Hall–Kier alpha value is -3.42. The second kappa shape index (κ2) is 7.00. The second-order valence-electron chi connectivity index (χ2n) is 5.33. The summed E-state index contributed by atoms with van der Waals surface area (Å²) in [7, 11) is 1.58. The van der Waals surface area contributed by atoms with Crippen molar-refractivity contribution in [3.8, 4) is 17.6 Å². The zero-order chi connectivity index (χ0) is 17.8. The number of benzene rings is 1. The highest BCUT2D eigenvalue weighted by atomic mass is 16.5. The van der Waals surface area contributed by atoms with Gasteiger partial charge in [0, 0.05) is 18.6 Å². The highest BCUT2D eigenvalue weighted by Crippen LogP contribution is 2.20. The van der Waals surface area contributed by atoms with Crippen molar-refractivity contribution in [1.29, 1.82) is 0 Å². The molecule has 0 saturated heterocycles. The Morgan fingerprint density at radius 2 is 2.20 bits per heavy atom. The number of aromatic hydroxyl groups is 1. The Morgan fingerprint density at radius 3 is 2.88 bits per heavy atom. The van der Waals surface area contributed by atoms with Gasteiger partial charge in [0.05, 0.1) is 13.2 Å². The number of ether oxygens (including phenoxy) is 1. The first-order chi connectivity index (χ1) is 12.1. The Morgan fingerprint density at radius 1 is 1.36 bits per heavy atom. The Bertz CT molecular complexity index is 880. The lowest BCUT2D eigenvalue weighted by atomic mass is 10.1. The quantitative estimate of drug-likeness (QED) is 0.736.